The third-order valence-corrected chi connectivity index (χ3v) is 27.6. The van der Waals surface area contributed by atoms with Crippen LogP contribution in [0, 0.1) is 23.7 Å². The molecule has 11 aromatic rings. The van der Waals surface area contributed by atoms with E-state index in [1.807, 2.05) is 0 Å². The van der Waals surface area contributed by atoms with Gasteiger partial charge >= 0.3 is 0 Å². The molecule has 4 N–H and O–H groups in total. The Bertz CT molecular complexity index is 6070. The Hall–Kier alpha value is -11.9. The molecule has 8 atom stereocenters. The van der Waals surface area contributed by atoms with Gasteiger partial charge in [-0.15, -0.1) is 11.3 Å². The van der Waals surface area contributed by atoms with Crippen LogP contribution in [0.1, 0.15) is 118 Å². The van der Waals surface area contributed by atoms with Crippen LogP contribution in [0.4, 0.5) is 0 Å². The van der Waals surface area contributed by atoms with Gasteiger partial charge in [0.1, 0.15) is 80.3 Å². The van der Waals surface area contributed by atoms with Gasteiger partial charge in [0.05, 0.1) is 179 Å². The van der Waals surface area contributed by atoms with Crippen molar-refractivity contribution in [3.63, 3.8) is 0 Å². The molecule has 4 aliphatic heterocycles. The van der Waals surface area contributed by atoms with Crippen LogP contribution in [0.2, 0.25) is 40.2 Å². The number of Topliss-reactive ketones (excluding diaryl/α,β-unsaturated/α-hetero) is 1. The molecule has 736 valence electrons. The summed E-state index contributed by atoms with van der Waals surface area (Å²) < 4.78 is 76.6. The molecule has 8 unspecified atom stereocenters. The number of thiophene rings is 1. The molecule has 0 radical (unpaired) electrons. The fraction of sp³-hybridized carbons (Fsp3) is 0.340. The predicted octanol–water partition coefficient (Wildman–Crippen LogP) is 16.4. The quantitative estimate of drug-likeness (QED) is 0.0225. The molecule has 0 saturated carbocycles. The van der Waals surface area contributed by atoms with Gasteiger partial charge in [0.15, 0.2) is 28.5 Å². The summed E-state index contributed by atoms with van der Waals surface area (Å²) in [6.07, 6.45) is 18.3. The highest BCUT2D eigenvalue weighted by molar-refractivity contribution is 7.21. The molecule has 0 spiro atoms. The van der Waals surface area contributed by atoms with Gasteiger partial charge in [-0.2, -0.15) is 0 Å². The Labute approximate surface area is 846 Å². The molecule has 11 heterocycles. The fourth-order valence-electron chi connectivity index (χ4n) is 16.2. The second-order valence-electron chi connectivity index (χ2n) is 32.0. The fourth-order valence-corrected chi connectivity index (χ4v) is 19.8. The minimum Gasteiger partial charge on any atom is -0.495 e. The standard InChI is InChI=1S/C25H25Cl2N3O5.2C24H23Cl2N3O6.C24H23Cl2N3O5S/c1-4-21(31)30-16-5-6-35-12-15(16)9-20-28-11-14-7-13(8-17(14)29-20)25(32)22-23(26)18(33-2)10-19(34-3)24(22)27;3*1-4-20(30)29-13-5-6-34-11-12(13)7-19-27-10-18-14(28-19)8-17(35-18)24(31)21-22(25)15(32-2)9-16(33-3)23(21)26/h4,8,10-11,15-16H,1,5-7,9,12H2,2-3H3,(H,30,31);3*4,8-10,12-13H,1,5-7,11H2,2-3H3,(H,29,30). The van der Waals surface area contributed by atoms with Crippen LogP contribution in [0.15, 0.2) is 132 Å². The smallest absolute Gasteiger partial charge is 0.243 e. The first-order valence-corrected chi connectivity index (χ1v) is 47.2. The third kappa shape index (κ3) is 24.4. The summed E-state index contributed by atoms with van der Waals surface area (Å²) >= 11 is 52.5. The molecular formula is C97H94Cl8N12O22S. The number of rotatable bonds is 32. The summed E-state index contributed by atoms with van der Waals surface area (Å²) in [6.45, 7) is 18.2. The van der Waals surface area contributed by atoms with Crippen LogP contribution in [0.3, 0.4) is 0 Å². The van der Waals surface area contributed by atoms with Crippen molar-refractivity contribution in [1.29, 1.82) is 0 Å². The van der Waals surface area contributed by atoms with Gasteiger partial charge in [-0.3, -0.25) is 38.4 Å². The highest BCUT2D eigenvalue weighted by atomic mass is 35.5. The first kappa shape index (κ1) is 105. The topological polar surface area (TPSA) is 425 Å². The number of fused-ring (bicyclic) bond motifs is 4. The number of allylic oxidation sites excluding steroid dienone is 1. The molecule has 7 aromatic heterocycles. The lowest BCUT2D eigenvalue weighted by Crippen LogP contribution is -2.46. The van der Waals surface area contributed by atoms with E-state index in [1.54, 1.807) is 24.5 Å². The summed E-state index contributed by atoms with van der Waals surface area (Å²) in [4.78, 5) is 137. The number of nitrogens with zero attached hydrogens (tertiary/aromatic N) is 8. The second-order valence-corrected chi connectivity index (χ2v) is 36.1. The van der Waals surface area contributed by atoms with Crippen molar-refractivity contribution in [1.82, 2.24) is 61.1 Å². The van der Waals surface area contributed by atoms with Crippen LogP contribution in [-0.4, -0.2) is 221 Å². The first-order valence-electron chi connectivity index (χ1n) is 43.4. The maximum atomic E-state index is 13.4. The SMILES string of the molecule is C=CC(=O)NC1CCOCC1Cc1ncc2c(n1)C=C(C(=O)c1c(Cl)c(OC)cc(OC)c1Cl)C2.C=CC(=O)NC1CCOCC1Cc1ncc2oc(C(=O)c3c(Cl)c(OC)cc(OC)c3Cl)cc2n1.C=CC(=O)NC1CCOCC1Cc1ncc2oc(C(=O)c3c(Cl)c(OC)cc(OC)c3Cl)cc2n1.C=CC(=O)NC1CCOCC1Cc1ncc2sc(C(=O)c3c(Cl)c(OC)cc(OC)c3Cl)cc2n1. The lowest BCUT2D eigenvalue weighted by molar-refractivity contribution is -0.119. The van der Waals surface area contributed by atoms with Gasteiger partial charge in [-0.1, -0.05) is 119 Å². The third-order valence-electron chi connectivity index (χ3n) is 23.5. The minimum atomic E-state index is -0.551. The predicted molar refractivity (Wildman–Crippen MR) is 527 cm³/mol. The van der Waals surface area contributed by atoms with E-state index in [0.717, 1.165) is 10.3 Å². The van der Waals surface area contributed by atoms with E-state index in [-0.39, 0.29) is 191 Å². The van der Waals surface area contributed by atoms with E-state index >= 15 is 0 Å². The van der Waals surface area contributed by atoms with E-state index in [2.05, 4.69) is 87.5 Å². The molecule has 4 aromatic carbocycles. The van der Waals surface area contributed by atoms with E-state index in [9.17, 15) is 38.4 Å². The number of carbonyl (C=O) groups excluding carboxylic acids is 8. The molecule has 34 nitrogen and oxygen atoms in total. The maximum Gasteiger partial charge on any atom is 0.243 e. The molecule has 5 aliphatic rings. The molecule has 0 bridgehead atoms. The van der Waals surface area contributed by atoms with E-state index in [4.69, 9.17) is 158 Å². The van der Waals surface area contributed by atoms with Crippen molar-refractivity contribution in [2.45, 2.75) is 82.0 Å². The van der Waals surface area contributed by atoms with Crippen molar-refractivity contribution in [3.05, 3.63) is 237 Å². The van der Waals surface area contributed by atoms with Crippen molar-refractivity contribution in [2.75, 3.05) is 110 Å². The number of hydrogen-bond acceptors (Lipinski definition) is 31. The maximum absolute atomic E-state index is 13.4. The Morgan fingerprint density at radius 2 is 0.657 bits per heavy atom. The monoisotopic (exact) mass is 2090 g/mol. The zero-order valence-electron chi connectivity index (χ0n) is 76.7. The molecule has 4 amide bonds. The number of hydrogen-bond donors (Lipinski definition) is 4. The van der Waals surface area contributed by atoms with Crippen LogP contribution in [0.25, 0.3) is 38.5 Å². The van der Waals surface area contributed by atoms with Gasteiger partial charge < -0.3 is 86.9 Å². The number of halogens is 8. The molecule has 43 heteroatoms. The normalized spacial score (nSPS) is 18.0. The van der Waals surface area contributed by atoms with Crippen LogP contribution >= 0.6 is 104 Å². The average Bonchev–Trinajstić information content (AvgIpc) is 1.36. The zero-order chi connectivity index (χ0) is 100. The number of furan rings is 2. The van der Waals surface area contributed by atoms with E-state index < -0.39 is 11.6 Å². The van der Waals surface area contributed by atoms with Gasteiger partial charge in [0.2, 0.25) is 41.0 Å². The van der Waals surface area contributed by atoms with Gasteiger partial charge in [0, 0.05) is 166 Å². The number of nitrogens with one attached hydrogen (secondary N) is 4. The highest BCUT2D eigenvalue weighted by Crippen LogP contribution is 2.48. The van der Waals surface area contributed by atoms with Gasteiger partial charge in [-0.25, -0.2) is 39.9 Å². The van der Waals surface area contributed by atoms with Crippen LogP contribution < -0.4 is 59.2 Å². The number of methoxy groups -OCH3 is 8. The molecule has 16 rings (SSSR count). The van der Waals surface area contributed by atoms with Gasteiger partial charge in [0.25, 0.3) is 0 Å². The number of benzene rings is 4. The largest absolute Gasteiger partial charge is 0.495 e. The number of ether oxygens (including phenoxy) is 12. The molecule has 4 saturated heterocycles. The summed E-state index contributed by atoms with van der Waals surface area (Å²) in [6, 6.07) is 10.5. The Morgan fingerprint density at radius 1 is 0.371 bits per heavy atom. The first-order chi connectivity index (χ1) is 67.4. The second kappa shape index (κ2) is 48.5. The zero-order valence-corrected chi connectivity index (χ0v) is 83.6. The lowest BCUT2D eigenvalue weighted by Gasteiger charge is -2.31. The number of ketones is 4. The summed E-state index contributed by atoms with van der Waals surface area (Å²) in [7, 11) is 11.5. The Kier molecular flexibility index (Phi) is 36.5. The summed E-state index contributed by atoms with van der Waals surface area (Å²) in [5.41, 5.74) is 4.39. The lowest BCUT2D eigenvalue weighted by atomic mass is 9.92. The summed E-state index contributed by atoms with van der Waals surface area (Å²) in [5, 5.41) is 12.4. The minimum absolute atomic E-state index is 0.00284. The van der Waals surface area contributed by atoms with Crippen molar-refractivity contribution in [2.24, 2.45) is 23.7 Å². The van der Waals surface area contributed by atoms with Crippen LogP contribution in [0.5, 0.6) is 46.0 Å². The van der Waals surface area contributed by atoms with Gasteiger partial charge in [-0.05, 0) is 62.1 Å². The Morgan fingerprint density at radius 3 is 0.971 bits per heavy atom. The van der Waals surface area contributed by atoms with E-state index in [0.29, 0.717) is 189 Å². The summed E-state index contributed by atoms with van der Waals surface area (Å²) in [5.74, 6) is 1.69. The van der Waals surface area contributed by atoms with Crippen molar-refractivity contribution >= 4 is 189 Å². The Balaban J connectivity index is 0.000000157. The highest BCUT2D eigenvalue weighted by Gasteiger charge is 2.37. The molecule has 140 heavy (non-hydrogen) atoms. The van der Waals surface area contributed by atoms with Crippen molar-refractivity contribution < 1.29 is 104 Å². The number of carbonyl (C=O) groups is 8. The number of aromatic nitrogens is 8. The molecular weight excluding hydrogens is 2000 g/mol. The molecule has 4 fully saturated rings. The average molecular weight is 2100 g/mol. The van der Waals surface area contributed by atoms with E-state index in [1.165, 1.54) is 141 Å². The number of amides is 4. The molecule has 1 aliphatic carbocycles. The van der Waals surface area contributed by atoms with Crippen LogP contribution in [-0.2, 0) is 70.2 Å². The van der Waals surface area contributed by atoms with Crippen molar-refractivity contribution in [3.8, 4) is 46.0 Å².